The summed E-state index contributed by atoms with van der Waals surface area (Å²) in [4.78, 5) is 13.7. The molecule has 5 heteroatoms. The van der Waals surface area contributed by atoms with Gasteiger partial charge in [-0.2, -0.15) is 5.26 Å². The highest BCUT2D eigenvalue weighted by atomic mass is 16.5. The third kappa shape index (κ3) is 6.21. The predicted molar refractivity (Wildman–Crippen MR) is 75.2 cm³/mol. The molecule has 1 rings (SSSR count). The fraction of sp³-hybridized carbons (Fsp3) is 0.467. The van der Waals surface area contributed by atoms with Gasteiger partial charge in [-0.1, -0.05) is 18.2 Å². The van der Waals surface area contributed by atoms with E-state index in [1.54, 1.807) is 12.0 Å². The lowest BCUT2D eigenvalue weighted by Gasteiger charge is -2.21. The van der Waals surface area contributed by atoms with Gasteiger partial charge in [0.05, 0.1) is 32.1 Å². The molecule has 1 amide bonds. The van der Waals surface area contributed by atoms with Crippen molar-refractivity contribution < 1.29 is 14.3 Å². The molecule has 0 saturated heterocycles. The number of rotatable bonds is 9. The van der Waals surface area contributed by atoms with E-state index in [0.717, 1.165) is 5.75 Å². The maximum Gasteiger partial charge on any atom is 0.226 e. The highest BCUT2D eigenvalue weighted by Crippen LogP contribution is 2.08. The van der Waals surface area contributed by atoms with Crippen LogP contribution in [0.5, 0.6) is 5.75 Å². The third-order valence-electron chi connectivity index (χ3n) is 2.74. The molecule has 1 aromatic carbocycles. The van der Waals surface area contributed by atoms with Gasteiger partial charge in [0, 0.05) is 20.2 Å². The SMILES string of the molecule is COCCN(CCC#N)C(=O)CCOc1ccccc1. The Morgan fingerprint density at radius 3 is 2.65 bits per heavy atom. The molecule has 108 valence electrons. The molecule has 0 radical (unpaired) electrons. The van der Waals surface area contributed by atoms with Crippen LogP contribution in [0, 0.1) is 11.3 Å². The lowest BCUT2D eigenvalue weighted by Crippen LogP contribution is -2.35. The summed E-state index contributed by atoms with van der Waals surface area (Å²) in [5.74, 6) is 0.731. The molecule has 0 aliphatic carbocycles. The first-order valence-electron chi connectivity index (χ1n) is 6.59. The molecule has 20 heavy (non-hydrogen) atoms. The van der Waals surface area contributed by atoms with E-state index < -0.39 is 0 Å². The van der Waals surface area contributed by atoms with Gasteiger partial charge in [0.2, 0.25) is 5.91 Å². The second kappa shape index (κ2) is 9.82. The number of nitrogens with zero attached hydrogens (tertiary/aromatic N) is 2. The molecule has 0 N–H and O–H groups in total. The quantitative estimate of drug-likeness (QED) is 0.690. The molecule has 0 unspecified atom stereocenters. The monoisotopic (exact) mass is 276 g/mol. The molecule has 0 heterocycles. The first-order chi connectivity index (χ1) is 9.77. The molecule has 5 nitrogen and oxygen atoms in total. The highest BCUT2D eigenvalue weighted by molar-refractivity contribution is 5.76. The Labute approximate surface area is 119 Å². The van der Waals surface area contributed by atoms with E-state index in [1.165, 1.54) is 0 Å². The summed E-state index contributed by atoms with van der Waals surface area (Å²) in [6, 6.07) is 11.4. The molecule has 0 fully saturated rings. The van der Waals surface area contributed by atoms with E-state index in [1.807, 2.05) is 36.4 Å². The number of amides is 1. The zero-order valence-corrected chi connectivity index (χ0v) is 11.7. The van der Waals surface area contributed by atoms with Crippen LogP contribution in [0.3, 0.4) is 0 Å². The standard InChI is InChI=1S/C15H20N2O3/c1-19-13-11-17(10-5-9-16)15(18)8-12-20-14-6-3-2-4-7-14/h2-4,6-7H,5,8,10-13H2,1H3. The summed E-state index contributed by atoms with van der Waals surface area (Å²) in [7, 11) is 1.59. The van der Waals surface area contributed by atoms with Gasteiger partial charge in [-0.25, -0.2) is 0 Å². The van der Waals surface area contributed by atoms with Crippen LogP contribution < -0.4 is 4.74 Å². The summed E-state index contributed by atoms with van der Waals surface area (Å²) in [6.45, 7) is 1.74. The summed E-state index contributed by atoms with van der Waals surface area (Å²) >= 11 is 0. The number of carbonyl (C=O) groups is 1. The lowest BCUT2D eigenvalue weighted by molar-refractivity contribution is -0.132. The largest absolute Gasteiger partial charge is 0.493 e. The van der Waals surface area contributed by atoms with Crippen LogP contribution in [0.4, 0.5) is 0 Å². The lowest BCUT2D eigenvalue weighted by atomic mass is 10.3. The van der Waals surface area contributed by atoms with Gasteiger partial charge in [0.25, 0.3) is 0 Å². The van der Waals surface area contributed by atoms with Gasteiger partial charge in [-0.15, -0.1) is 0 Å². The summed E-state index contributed by atoms with van der Waals surface area (Å²) in [5.41, 5.74) is 0. The van der Waals surface area contributed by atoms with Crippen LogP contribution in [-0.4, -0.2) is 44.2 Å². The van der Waals surface area contributed by atoms with Gasteiger partial charge in [0.15, 0.2) is 0 Å². The van der Waals surface area contributed by atoms with Gasteiger partial charge < -0.3 is 14.4 Å². The zero-order chi connectivity index (χ0) is 14.6. The Morgan fingerprint density at radius 1 is 1.25 bits per heavy atom. The highest BCUT2D eigenvalue weighted by Gasteiger charge is 2.12. The maximum atomic E-state index is 12.0. The number of carbonyl (C=O) groups excluding carboxylic acids is 1. The van der Waals surface area contributed by atoms with Crippen molar-refractivity contribution in [1.29, 1.82) is 5.26 Å². The van der Waals surface area contributed by atoms with Gasteiger partial charge in [-0.05, 0) is 12.1 Å². The number of hydrogen-bond donors (Lipinski definition) is 0. The van der Waals surface area contributed by atoms with Crippen LogP contribution in [0.25, 0.3) is 0 Å². The van der Waals surface area contributed by atoms with E-state index >= 15 is 0 Å². The average Bonchev–Trinajstić information content (AvgIpc) is 2.48. The molecular weight excluding hydrogens is 256 g/mol. The molecule has 0 aliphatic heterocycles. The second-order valence-corrected chi connectivity index (χ2v) is 4.19. The van der Waals surface area contributed by atoms with E-state index in [-0.39, 0.29) is 5.91 Å². The fourth-order valence-electron chi connectivity index (χ4n) is 1.68. The number of para-hydroxylation sites is 1. The van der Waals surface area contributed by atoms with Crippen molar-refractivity contribution >= 4 is 5.91 Å². The van der Waals surface area contributed by atoms with Crippen LogP contribution in [0.15, 0.2) is 30.3 Å². The first kappa shape index (κ1) is 16.0. The first-order valence-corrected chi connectivity index (χ1v) is 6.59. The summed E-state index contributed by atoms with van der Waals surface area (Å²) in [6.07, 6.45) is 0.624. The Bertz CT molecular complexity index is 428. The Morgan fingerprint density at radius 2 is 2.00 bits per heavy atom. The molecule has 0 bridgehead atoms. The van der Waals surface area contributed by atoms with Crippen molar-refractivity contribution in [2.45, 2.75) is 12.8 Å². The molecule has 0 aromatic heterocycles. The molecule has 0 spiro atoms. The predicted octanol–water partition coefficient (Wildman–Crippen LogP) is 1.84. The van der Waals surface area contributed by atoms with Crippen molar-refractivity contribution in [3.8, 4) is 11.8 Å². The number of hydrogen-bond acceptors (Lipinski definition) is 4. The van der Waals surface area contributed by atoms with E-state index in [2.05, 4.69) is 0 Å². The van der Waals surface area contributed by atoms with Crippen molar-refractivity contribution in [2.24, 2.45) is 0 Å². The molecule has 1 aromatic rings. The van der Waals surface area contributed by atoms with Crippen LogP contribution in [0.1, 0.15) is 12.8 Å². The topological polar surface area (TPSA) is 62.6 Å². The van der Waals surface area contributed by atoms with Crippen molar-refractivity contribution in [3.05, 3.63) is 30.3 Å². The smallest absolute Gasteiger partial charge is 0.226 e. The molecular formula is C15H20N2O3. The van der Waals surface area contributed by atoms with E-state index in [0.29, 0.717) is 39.1 Å². The minimum atomic E-state index is -0.0202. The van der Waals surface area contributed by atoms with Crippen LogP contribution >= 0.6 is 0 Å². The van der Waals surface area contributed by atoms with Gasteiger partial charge in [0.1, 0.15) is 5.75 Å². The van der Waals surface area contributed by atoms with Crippen molar-refractivity contribution in [3.63, 3.8) is 0 Å². The number of ether oxygens (including phenoxy) is 2. The van der Waals surface area contributed by atoms with E-state index in [9.17, 15) is 4.79 Å². The Kier molecular flexibility index (Phi) is 7.85. The Balaban J connectivity index is 2.35. The summed E-state index contributed by atoms with van der Waals surface area (Å²) in [5, 5.41) is 8.60. The van der Waals surface area contributed by atoms with Crippen LogP contribution in [0.2, 0.25) is 0 Å². The minimum Gasteiger partial charge on any atom is -0.493 e. The van der Waals surface area contributed by atoms with E-state index in [4.69, 9.17) is 14.7 Å². The van der Waals surface area contributed by atoms with Gasteiger partial charge in [-0.3, -0.25) is 4.79 Å². The zero-order valence-electron chi connectivity index (χ0n) is 11.7. The number of methoxy groups -OCH3 is 1. The normalized spacial score (nSPS) is 9.80. The minimum absolute atomic E-state index is 0.0202. The van der Waals surface area contributed by atoms with Crippen molar-refractivity contribution in [1.82, 2.24) is 4.90 Å². The number of benzene rings is 1. The molecule has 0 aliphatic rings. The Hall–Kier alpha value is -2.06. The summed E-state index contributed by atoms with van der Waals surface area (Å²) < 4.78 is 10.5. The third-order valence-corrected chi connectivity index (χ3v) is 2.74. The van der Waals surface area contributed by atoms with Crippen molar-refractivity contribution in [2.75, 3.05) is 33.4 Å². The maximum absolute atomic E-state index is 12.0. The average molecular weight is 276 g/mol. The second-order valence-electron chi connectivity index (χ2n) is 4.19. The van der Waals surface area contributed by atoms with Crippen LogP contribution in [-0.2, 0) is 9.53 Å². The van der Waals surface area contributed by atoms with Gasteiger partial charge >= 0.3 is 0 Å². The molecule has 0 atom stereocenters. The fourth-order valence-corrected chi connectivity index (χ4v) is 1.68. The number of nitriles is 1. The molecule has 0 saturated carbocycles.